The van der Waals surface area contributed by atoms with E-state index in [1.165, 1.54) is 0 Å². The standard InChI is InChI=1S/C58H49N7O/c1-66-56-52-37-42(32-33-44(52)34-35-60-56)40-65-41-43(39-61-65)36-45-38-53(63-57(46-20-8-2-9-21-46,47-22-10-3-11-23-47)48-24-12-4-13-25-48)62-55(54(45)59)64-58(49-26-14-5-15-27-49,50-28-16-6-17-29-50)51-30-18-7-19-31-51/h2-35,37-39,41H,36,40,59H2,1H3,(H2,62,63,64). The van der Waals surface area contributed by atoms with Crippen molar-refractivity contribution in [2.45, 2.75) is 24.0 Å². The topological polar surface area (TPSA) is 103 Å². The number of anilines is 3. The van der Waals surface area contributed by atoms with E-state index in [0.717, 1.165) is 60.8 Å². The van der Waals surface area contributed by atoms with Crippen LogP contribution in [-0.4, -0.2) is 26.9 Å². The monoisotopic (exact) mass is 859 g/mol. The minimum Gasteiger partial charge on any atom is -0.481 e. The van der Waals surface area contributed by atoms with E-state index in [2.05, 4.69) is 210 Å². The van der Waals surface area contributed by atoms with Gasteiger partial charge in [0.15, 0.2) is 5.82 Å². The molecule has 4 N–H and O–H groups in total. The zero-order valence-corrected chi connectivity index (χ0v) is 36.6. The summed E-state index contributed by atoms with van der Waals surface area (Å²) in [5.74, 6) is 1.79. The third kappa shape index (κ3) is 8.01. The van der Waals surface area contributed by atoms with Gasteiger partial charge in [0.2, 0.25) is 5.88 Å². The number of pyridine rings is 2. The summed E-state index contributed by atoms with van der Waals surface area (Å²) in [6.07, 6.45) is 6.28. The van der Waals surface area contributed by atoms with Crippen molar-refractivity contribution in [1.82, 2.24) is 19.7 Å². The van der Waals surface area contributed by atoms with Crippen LogP contribution in [-0.2, 0) is 24.0 Å². The van der Waals surface area contributed by atoms with Gasteiger partial charge in [-0.05, 0) is 73.7 Å². The second-order valence-corrected chi connectivity index (χ2v) is 16.5. The Morgan fingerprint density at radius 2 is 1.02 bits per heavy atom. The van der Waals surface area contributed by atoms with Crippen LogP contribution in [0.2, 0.25) is 0 Å². The fraction of sp³-hybridized carbons (Fsp3) is 0.0862. The lowest BCUT2D eigenvalue weighted by molar-refractivity contribution is 0.403. The Balaban J connectivity index is 1.14. The van der Waals surface area contributed by atoms with Gasteiger partial charge < -0.3 is 21.1 Å². The number of nitrogens with two attached hydrogens (primary N) is 1. The van der Waals surface area contributed by atoms with E-state index in [-0.39, 0.29) is 0 Å². The molecule has 0 radical (unpaired) electrons. The lowest BCUT2D eigenvalue weighted by atomic mass is 9.76. The number of hydrogen-bond donors (Lipinski definition) is 3. The van der Waals surface area contributed by atoms with Gasteiger partial charge in [0.05, 0.1) is 25.5 Å². The highest BCUT2D eigenvalue weighted by Crippen LogP contribution is 2.44. The molecular formula is C58H49N7O. The summed E-state index contributed by atoms with van der Waals surface area (Å²) in [6, 6.07) is 73.7. The average Bonchev–Trinajstić information content (AvgIpc) is 3.83. The van der Waals surface area contributed by atoms with E-state index in [4.69, 9.17) is 20.6 Å². The zero-order valence-electron chi connectivity index (χ0n) is 36.6. The zero-order chi connectivity index (χ0) is 44.8. The number of hydrogen-bond acceptors (Lipinski definition) is 7. The molecule has 66 heavy (non-hydrogen) atoms. The first-order valence-corrected chi connectivity index (χ1v) is 22.2. The molecule has 0 saturated heterocycles. The SMILES string of the molecule is COc1nccc2ccc(Cn3cc(Cc4cc(NC(c5ccccc5)(c5ccccc5)c5ccccc5)nc(NC(c5ccccc5)(c5ccccc5)c5ccccc5)c4N)cn3)cc12. The molecule has 0 amide bonds. The van der Waals surface area contributed by atoms with Crippen LogP contribution >= 0.6 is 0 Å². The highest BCUT2D eigenvalue weighted by Gasteiger charge is 2.39. The van der Waals surface area contributed by atoms with Crippen LogP contribution in [0.25, 0.3) is 10.8 Å². The van der Waals surface area contributed by atoms with E-state index in [9.17, 15) is 0 Å². The summed E-state index contributed by atoms with van der Waals surface area (Å²) in [7, 11) is 1.65. The summed E-state index contributed by atoms with van der Waals surface area (Å²) >= 11 is 0. The van der Waals surface area contributed by atoms with E-state index < -0.39 is 11.1 Å². The number of methoxy groups -OCH3 is 1. The third-order valence-corrected chi connectivity index (χ3v) is 12.4. The molecule has 0 atom stereocenters. The van der Waals surface area contributed by atoms with Crippen molar-refractivity contribution in [2.75, 3.05) is 23.5 Å². The maximum Gasteiger partial charge on any atom is 0.221 e. The van der Waals surface area contributed by atoms with Gasteiger partial charge in [0.25, 0.3) is 0 Å². The van der Waals surface area contributed by atoms with Gasteiger partial charge in [-0.1, -0.05) is 194 Å². The van der Waals surface area contributed by atoms with Gasteiger partial charge >= 0.3 is 0 Å². The van der Waals surface area contributed by atoms with E-state index >= 15 is 0 Å². The second-order valence-electron chi connectivity index (χ2n) is 16.5. The van der Waals surface area contributed by atoms with Crippen molar-refractivity contribution >= 4 is 28.1 Å². The van der Waals surface area contributed by atoms with E-state index in [0.29, 0.717) is 36.2 Å². The normalized spacial score (nSPS) is 11.6. The molecule has 8 nitrogen and oxygen atoms in total. The van der Waals surface area contributed by atoms with Gasteiger partial charge in [0, 0.05) is 24.2 Å². The molecule has 7 aromatic carbocycles. The molecule has 0 aliphatic rings. The van der Waals surface area contributed by atoms with Crippen molar-refractivity contribution in [1.29, 1.82) is 0 Å². The second kappa shape index (κ2) is 18.3. The quantitative estimate of drug-likeness (QED) is 0.0882. The predicted octanol–water partition coefficient (Wildman–Crippen LogP) is 11.9. The average molecular weight is 860 g/mol. The van der Waals surface area contributed by atoms with Crippen LogP contribution in [0.4, 0.5) is 17.3 Å². The Bertz CT molecular complexity index is 2990. The molecule has 0 aliphatic heterocycles. The Kier molecular flexibility index (Phi) is 11.5. The van der Waals surface area contributed by atoms with Crippen LogP contribution in [0.1, 0.15) is 50.1 Å². The van der Waals surface area contributed by atoms with Crippen molar-refractivity contribution in [3.05, 3.63) is 281 Å². The predicted molar refractivity (Wildman–Crippen MR) is 267 cm³/mol. The number of fused-ring (bicyclic) bond motifs is 1. The minimum atomic E-state index is -0.890. The molecule has 322 valence electrons. The molecule has 0 unspecified atom stereocenters. The fourth-order valence-corrected chi connectivity index (χ4v) is 9.29. The Hall–Kier alpha value is -8.49. The summed E-state index contributed by atoms with van der Waals surface area (Å²) < 4.78 is 7.55. The van der Waals surface area contributed by atoms with Crippen molar-refractivity contribution < 1.29 is 4.74 Å². The summed E-state index contributed by atoms with van der Waals surface area (Å²) in [4.78, 5) is 9.94. The first kappa shape index (κ1) is 41.5. The lowest BCUT2D eigenvalue weighted by Gasteiger charge is -2.39. The number of nitrogens with zero attached hydrogens (tertiary/aromatic N) is 4. The highest BCUT2D eigenvalue weighted by molar-refractivity contribution is 5.87. The number of aromatic nitrogens is 4. The first-order valence-electron chi connectivity index (χ1n) is 22.2. The molecule has 10 aromatic rings. The highest BCUT2D eigenvalue weighted by atomic mass is 16.5. The van der Waals surface area contributed by atoms with Gasteiger partial charge in [-0.3, -0.25) is 4.68 Å². The number of benzene rings is 7. The van der Waals surface area contributed by atoms with Gasteiger partial charge in [-0.2, -0.15) is 5.10 Å². The molecule has 0 spiro atoms. The first-order chi connectivity index (χ1) is 32.5. The number of rotatable bonds is 15. The molecule has 3 heterocycles. The van der Waals surface area contributed by atoms with Crippen LogP contribution in [0.3, 0.4) is 0 Å². The molecular weight excluding hydrogens is 811 g/mol. The number of nitrogens with one attached hydrogen (secondary N) is 2. The van der Waals surface area contributed by atoms with Crippen molar-refractivity contribution in [3.63, 3.8) is 0 Å². The molecule has 0 aliphatic carbocycles. The lowest BCUT2D eigenvalue weighted by Crippen LogP contribution is -2.40. The maximum atomic E-state index is 7.45. The Morgan fingerprint density at radius 1 is 0.545 bits per heavy atom. The smallest absolute Gasteiger partial charge is 0.221 e. The van der Waals surface area contributed by atoms with Gasteiger partial charge in [0.1, 0.15) is 16.9 Å². The largest absolute Gasteiger partial charge is 0.481 e. The minimum absolute atomic E-state index is 0.497. The summed E-state index contributed by atoms with van der Waals surface area (Å²) in [6.45, 7) is 0.570. The molecule has 0 saturated carbocycles. The fourth-order valence-electron chi connectivity index (χ4n) is 9.29. The molecule has 8 heteroatoms. The summed E-state index contributed by atoms with van der Waals surface area (Å²) in [5, 5.41) is 15.0. The van der Waals surface area contributed by atoms with Crippen LogP contribution in [0.5, 0.6) is 5.88 Å². The van der Waals surface area contributed by atoms with Crippen LogP contribution < -0.4 is 21.1 Å². The third-order valence-electron chi connectivity index (χ3n) is 12.4. The number of ether oxygens (including phenoxy) is 1. The maximum absolute atomic E-state index is 7.45. The van der Waals surface area contributed by atoms with E-state index in [1.54, 1.807) is 13.3 Å². The summed E-state index contributed by atoms with van der Waals surface area (Å²) in [5.41, 5.74) is 15.5. The number of nitrogen functional groups attached to an aromatic ring is 1. The van der Waals surface area contributed by atoms with Gasteiger partial charge in [-0.25, -0.2) is 9.97 Å². The molecule has 3 aromatic heterocycles. The molecule has 0 bridgehead atoms. The van der Waals surface area contributed by atoms with E-state index in [1.807, 2.05) is 35.1 Å². The molecule has 0 fully saturated rings. The van der Waals surface area contributed by atoms with Crippen molar-refractivity contribution in [2.24, 2.45) is 0 Å². The Morgan fingerprint density at radius 3 is 1.48 bits per heavy atom. The van der Waals surface area contributed by atoms with Crippen molar-refractivity contribution in [3.8, 4) is 5.88 Å². The molecule has 10 rings (SSSR count). The van der Waals surface area contributed by atoms with Crippen LogP contribution in [0.15, 0.2) is 231 Å². The van der Waals surface area contributed by atoms with Crippen LogP contribution in [0, 0.1) is 0 Å². The Labute approximate surface area is 385 Å². The van der Waals surface area contributed by atoms with Gasteiger partial charge in [-0.15, -0.1) is 0 Å².